The van der Waals surface area contributed by atoms with Gasteiger partial charge in [0.25, 0.3) is 0 Å². The summed E-state index contributed by atoms with van der Waals surface area (Å²) in [7, 11) is 1.50. The van der Waals surface area contributed by atoms with Gasteiger partial charge in [0.15, 0.2) is 5.69 Å². The highest BCUT2D eigenvalue weighted by atomic mass is 19.4. The highest BCUT2D eigenvalue weighted by Gasteiger charge is 2.27. The molecule has 1 N–H and O–H groups in total. The third-order valence-electron chi connectivity index (χ3n) is 3.06. The minimum absolute atomic E-state index is 0.192. The molecule has 1 aromatic carbocycles. The summed E-state index contributed by atoms with van der Waals surface area (Å²) in [6.07, 6.45) is -5.23. The first-order valence-corrected chi connectivity index (χ1v) is 6.19. The molecule has 2 rings (SSSR count). The molecule has 0 saturated heterocycles. The third-order valence-corrected chi connectivity index (χ3v) is 3.06. The monoisotopic (exact) mass is 298 g/mol. The first-order chi connectivity index (χ1) is 9.78. The number of pyridine rings is 1. The van der Waals surface area contributed by atoms with Gasteiger partial charge in [0.2, 0.25) is 0 Å². The number of anilines is 1. The zero-order valence-electron chi connectivity index (χ0n) is 11.2. The molecule has 0 aliphatic heterocycles. The summed E-state index contributed by atoms with van der Waals surface area (Å²) in [6, 6.07) is 8.04. The molecule has 112 valence electrons. The number of carbonyl (C=O) groups is 1. The Morgan fingerprint density at radius 1 is 1.33 bits per heavy atom. The van der Waals surface area contributed by atoms with E-state index in [9.17, 15) is 18.0 Å². The van der Waals surface area contributed by atoms with Gasteiger partial charge in [-0.15, -0.1) is 0 Å². The maximum Gasteiger partial charge on any atom is 0.390 e. The first-order valence-electron chi connectivity index (χ1n) is 6.19. The second kappa shape index (κ2) is 5.59. The Morgan fingerprint density at radius 2 is 2.00 bits per heavy atom. The van der Waals surface area contributed by atoms with Gasteiger partial charge in [0, 0.05) is 24.7 Å². The Bertz CT molecular complexity index is 671. The Labute approximate surface area is 118 Å². The number of para-hydroxylation sites is 1. The van der Waals surface area contributed by atoms with Crippen LogP contribution in [0.3, 0.4) is 0 Å². The summed E-state index contributed by atoms with van der Waals surface area (Å²) in [5, 5.41) is 9.67. The number of fused-ring (bicyclic) bond motifs is 1. The van der Waals surface area contributed by atoms with E-state index in [4.69, 9.17) is 5.11 Å². The topological polar surface area (TPSA) is 53.4 Å². The zero-order valence-corrected chi connectivity index (χ0v) is 11.2. The van der Waals surface area contributed by atoms with Crippen LogP contribution >= 0.6 is 0 Å². The highest BCUT2D eigenvalue weighted by molar-refractivity contribution is 5.97. The molecule has 0 saturated carbocycles. The van der Waals surface area contributed by atoms with Gasteiger partial charge in [-0.1, -0.05) is 18.2 Å². The van der Waals surface area contributed by atoms with Gasteiger partial charge in [-0.2, -0.15) is 13.2 Å². The second-order valence-corrected chi connectivity index (χ2v) is 4.64. The number of rotatable bonds is 4. The van der Waals surface area contributed by atoms with Crippen molar-refractivity contribution in [2.24, 2.45) is 0 Å². The maximum atomic E-state index is 12.3. The van der Waals surface area contributed by atoms with E-state index in [1.54, 1.807) is 24.3 Å². The lowest BCUT2D eigenvalue weighted by Crippen LogP contribution is -2.24. The number of hydrogen-bond donors (Lipinski definition) is 1. The van der Waals surface area contributed by atoms with Crippen molar-refractivity contribution in [3.63, 3.8) is 0 Å². The SMILES string of the molecule is CN(CCC(F)(F)F)c1cc(C(=O)O)nc2ccccc12. The van der Waals surface area contributed by atoms with Gasteiger partial charge in [-0.05, 0) is 12.1 Å². The second-order valence-electron chi connectivity index (χ2n) is 4.64. The van der Waals surface area contributed by atoms with Crippen LogP contribution in [0, 0.1) is 0 Å². The van der Waals surface area contributed by atoms with Gasteiger partial charge >= 0.3 is 12.1 Å². The number of aromatic carboxylic acids is 1. The molecule has 21 heavy (non-hydrogen) atoms. The molecule has 0 aliphatic rings. The Morgan fingerprint density at radius 3 is 2.62 bits per heavy atom. The van der Waals surface area contributed by atoms with Crippen molar-refractivity contribution in [2.45, 2.75) is 12.6 Å². The fourth-order valence-corrected chi connectivity index (χ4v) is 2.00. The molecular weight excluding hydrogens is 285 g/mol. The van der Waals surface area contributed by atoms with Crippen molar-refractivity contribution < 1.29 is 23.1 Å². The van der Waals surface area contributed by atoms with Crippen LogP contribution in [0.5, 0.6) is 0 Å². The van der Waals surface area contributed by atoms with Crippen LogP contribution in [0.4, 0.5) is 18.9 Å². The van der Waals surface area contributed by atoms with Gasteiger partial charge in [-0.25, -0.2) is 9.78 Å². The van der Waals surface area contributed by atoms with Crippen molar-refractivity contribution in [2.75, 3.05) is 18.5 Å². The number of carboxylic acids is 1. The van der Waals surface area contributed by atoms with Crippen LogP contribution in [0.25, 0.3) is 10.9 Å². The predicted octanol–water partition coefficient (Wildman–Crippen LogP) is 3.32. The van der Waals surface area contributed by atoms with Crippen LogP contribution in [0.2, 0.25) is 0 Å². The fourth-order valence-electron chi connectivity index (χ4n) is 2.00. The number of nitrogens with zero attached hydrogens (tertiary/aromatic N) is 2. The molecule has 0 unspecified atom stereocenters. The minimum atomic E-state index is -4.26. The third kappa shape index (κ3) is 3.62. The van der Waals surface area contributed by atoms with Crippen molar-refractivity contribution in [1.82, 2.24) is 4.98 Å². The quantitative estimate of drug-likeness (QED) is 0.940. The molecule has 0 radical (unpaired) electrons. The average molecular weight is 298 g/mol. The summed E-state index contributed by atoms with van der Waals surface area (Å²) in [5.41, 5.74) is 0.663. The summed E-state index contributed by atoms with van der Waals surface area (Å²) in [4.78, 5) is 16.4. The minimum Gasteiger partial charge on any atom is -0.477 e. The highest BCUT2D eigenvalue weighted by Crippen LogP contribution is 2.28. The molecule has 2 aromatic rings. The largest absolute Gasteiger partial charge is 0.477 e. The van der Waals surface area contributed by atoms with Crippen molar-refractivity contribution in [3.05, 3.63) is 36.0 Å². The molecule has 0 atom stereocenters. The van der Waals surface area contributed by atoms with Crippen molar-refractivity contribution >= 4 is 22.6 Å². The van der Waals surface area contributed by atoms with E-state index in [2.05, 4.69) is 4.98 Å². The summed E-state index contributed by atoms with van der Waals surface area (Å²) in [6.45, 7) is -0.253. The van der Waals surface area contributed by atoms with Crippen molar-refractivity contribution in [1.29, 1.82) is 0 Å². The molecular formula is C14H13F3N2O2. The molecule has 4 nitrogen and oxygen atoms in total. The molecule has 0 spiro atoms. The van der Waals surface area contributed by atoms with Crippen LogP contribution < -0.4 is 4.90 Å². The molecule has 1 heterocycles. The van der Waals surface area contributed by atoms with Crippen LogP contribution in [0.1, 0.15) is 16.9 Å². The normalized spacial score (nSPS) is 11.6. The molecule has 7 heteroatoms. The summed E-state index contributed by atoms with van der Waals surface area (Å²) >= 11 is 0. The number of carboxylic acid groups (broad SMARTS) is 1. The van der Waals surface area contributed by atoms with E-state index >= 15 is 0 Å². The zero-order chi connectivity index (χ0) is 15.6. The standard InChI is InChI=1S/C14H13F3N2O2/c1-19(7-6-14(15,16)17)12-8-11(13(20)21)18-10-5-3-2-4-9(10)12/h2-5,8H,6-7H2,1H3,(H,20,21). The van der Waals surface area contributed by atoms with Crippen LogP contribution in [-0.4, -0.2) is 35.8 Å². The van der Waals surface area contributed by atoms with Crippen LogP contribution in [-0.2, 0) is 0 Å². The average Bonchev–Trinajstić information content (AvgIpc) is 2.42. The number of benzene rings is 1. The Kier molecular flexibility index (Phi) is 4.02. The summed E-state index contributed by atoms with van der Waals surface area (Å²) < 4.78 is 37.0. The Balaban J connectivity index is 2.43. The molecule has 0 aliphatic carbocycles. The molecule has 0 amide bonds. The molecule has 0 bridgehead atoms. The lowest BCUT2D eigenvalue weighted by Gasteiger charge is -2.22. The van der Waals surface area contributed by atoms with Crippen LogP contribution in [0.15, 0.2) is 30.3 Å². The van der Waals surface area contributed by atoms with E-state index in [1.165, 1.54) is 18.0 Å². The van der Waals surface area contributed by atoms with E-state index in [0.29, 0.717) is 16.6 Å². The number of alkyl halides is 3. The van der Waals surface area contributed by atoms with E-state index in [0.717, 1.165) is 0 Å². The maximum absolute atomic E-state index is 12.3. The van der Waals surface area contributed by atoms with E-state index < -0.39 is 18.6 Å². The lowest BCUT2D eigenvalue weighted by atomic mass is 10.1. The fraction of sp³-hybridized carbons (Fsp3) is 0.286. The number of hydrogen-bond acceptors (Lipinski definition) is 3. The smallest absolute Gasteiger partial charge is 0.390 e. The predicted molar refractivity (Wildman–Crippen MR) is 72.6 cm³/mol. The van der Waals surface area contributed by atoms with E-state index in [-0.39, 0.29) is 12.2 Å². The van der Waals surface area contributed by atoms with Crippen molar-refractivity contribution in [3.8, 4) is 0 Å². The molecule has 1 aromatic heterocycles. The van der Waals surface area contributed by atoms with E-state index in [1.807, 2.05) is 0 Å². The number of halogens is 3. The van der Waals surface area contributed by atoms with Gasteiger partial charge in [0.1, 0.15) is 0 Å². The molecule has 0 fully saturated rings. The van der Waals surface area contributed by atoms with Gasteiger partial charge in [-0.3, -0.25) is 0 Å². The summed E-state index contributed by atoms with van der Waals surface area (Å²) in [5.74, 6) is -1.22. The number of aromatic nitrogens is 1. The van der Waals surface area contributed by atoms with Gasteiger partial charge < -0.3 is 10.0 Å². The first kappa shape index (κ1) is 15.1. The Hall–Kier alpha value is -2.31. The lowest BCUT2D eigenvalue weighted by molar-refractivity contribution is -0.132. The van der Waals surface area contributed by atoms with Gasteiger partial charge in [0.05, 0.1) is 11.9 Å².